The number of ether oxygens (including phenoxy) is 1. The molecule has 0 unspecified atom stereocenters. The van der Waals surface area contributed by atoms with Crippen molar-refractivity contribution in [2.45, 2.75) is 26.4 Å². The highest BCUT2D eigenvalue weighted by Gasteiger charge is 2.14. The molecule has 0 aliphatic rings. The monoisotopic (exact) mass is 296 g/mol. The predicted octanol–water partition coefficient (Wildman–Crippen LogP) is 4.23. The number of hydrogen-bond acceptors (Lipinski definition) is 3. The maximum Gasteiger partial charge on any atom is 0.124 e. The van der Waals surface area contributed by atoms with Crippen LogP contribution in [0.15, 0.2) is 60.8 Å². The van der Waals surface area contributed by atoms with Crippen LogP contribution in [-0.4, -0.2) is 23.5 Å². The van der Waals surface area contributed by atoms with Crippen molar-refractivity contribution in [1.82, 2.24) is 9.88 Å². The third-order valence-corrected chi connectivity index (χ3v) is 3.64. The molecule has 116 valence electrons. The first-order valence-electron chi connectivity index (χ1n) is 7.54. The smallest absolute Gasteiger partial charge is 0.124 e. The second-order valence-electron chi connectivity index (χ2n) is 5.70. The van der Waals surface area contributed by atoms with Crippen molar-refractivity contribution < 1.29 is 4.74 Å². The number of aromatic nitrogens is 1. The maximum atomic E-state index is 5.84. The SMILES string of the molecule is C=C(C)COc1ccccc1CN(C)[C@H](C)c1ccccn1. The summed E-state index contributed by atoms with van der Waals surface area (Å²) in [5, 5.41) is 0. The number of pyridine rings is 1. The van der Waals surface area contributed by atoms with E-state index in [4.69, 9.17) is 4.74 Å². The van der Waals surface area contributed by atoms with Crippen molar-refractivity contribution in [2.24, 2.45) is 0 Å². The zero-order chi connectivity index (χ0) is 15.9. The molecule has 0 saturated heterocycles. The summed E-state index contributed by atoms with van der Waals surface area (Å²) in [6, 6.07) is 14.4. The van der Waals surface area contributed by atoms with Crippen molar-refractivity contribution in [3.8, 4) is 5.75 Å². The van der Waals surface area contributed by atoms with Gasteiger partial charge in [-0.3, -0.25) is 9.88 Å². The van der Waals surface area contributed by atoms with Gasteiger partial charge in [-0.25, -0.2) is 0 Å². The Hall–Kier alpha value is -2.13. The van der Waals surface area contributed by atoms with Gasteiger partial charge in [0.1, 0.15) is 12.4 Å². The van der Waals surface area contributed by atoms with Gasteiger partial charge in [0.15, 0.2) is 0 Å². The van der Waals surface area contributed by atoms with Crippen LogP contribution in [0.25, 0.3) is 0 Å². The van der Waals surface area contributed by atoms with E-state index >= 15 is 0 Å². The topological polar surface area (TPSA) is 25.4 Å². The summed E-state index contributed by atoms with van der Waals surface area (Å²) in [4.78, 5) is 6.71. The molecule has 0 bridgehead atoms. The Morgan fingerprint density at radius 1 is 1.23 bits per heavy atom. The second kappa shape index (κ2) is 7.76. The fraction of sp³-hybridized carbons (Fsp3) is 0.316. The van der Waals surface area contributed by atoms with Crippen LogP contribution in [0.5, 0.6) is 5.75 Å². The molecule has 0 saturated carbocycles. The summed E-state index contributed by atoms with van der Waals surface area (Å²) < 4.78 is 5.84. The van der Waals surface area contributed by atoms with Crippen molar-refractivity contribution >= 4 is 0 Å². The average Bonchev–Trinajstić information content (AvgIpc) is 2.54. The molecule has 1 heterocycles. The zero-order valence-corrected chi connectivity index (χ0v) is 13.6. The van der Waals surface area contributed by atoms with Gasteiger partial charge >= 0.3 is 0 Å². The molecule has 2 aromatic rings. The van der Waals surface area contributed by atoms with E-state index in [0.717, 1.165) is 23.6 Å². The summed E-state index contributed by atoms with van der Waals surface area (Å²) in [6.07, 6.45) is 1.84. The zero-order valence-electron chi connectivity index (χ0n) is 13.6. The van der Waals surface area contributed by atoms with E-state index < -0.39 is 0 Å². The molecule has 1 atom stereocenters. The van der Waals surface area contributed by atoms with E-state index in [1.165, 1.54) is 5.56 Å². The number of rotatable bonds is 7. The van der Waals surface area contributed by atoms with Crippen LogP contribution in [0.4, 0.5) is 0 Å². The molecule has 3 nitrogen and oxygen atoms in total. The van der Waals surface area contributed by atoms with Gasteiger partial charge in [-0.1, -0.05) is 30.8 Å². The molecule has 1 aromatic carbocycles. The van der Waals surface area contributed by atoms with E-state index in [2.05, 4.69) is 42.6 Å². The molecule has 0 fully saturated rings. The van der Waals surface area contributed by atoms with Crippen LogP contribution in [0.2, 0.25) is 0 Å². The van der Waals surface area contributed by atoms with Crippen LogP contribution < -0.4 is 4.74 Å². The first-order chi connectivity index (χ1) is 10.6. The molecule has 0 aliphatic carbocycles. The van der Waals surface area contributed by atoms with E-state index in [9.17, 15) is 0 Å². The Morgan fingerprint density at radius 3 is 2.64 bits per heavy atom. The van der Waals surface area contributed by atoms with Crippen LogP contribution in [0.3, 0.4) is 0 Å². The summed E-state index contributed by atoms with van der Waals surface area (Å²) in [7, 11) is 2.11. The molecular formula is C19H24N2O. The number of benzene rings is 1. The standard InChI is InChI=1S/C19H24N2O/c1-15(2)14-22-19-11-6-5-9-17(19)13-21(4)16(3)18-10-7-8-12-20-18/h5-12,16H,1,13-14H2,2-4H3/t16-/m1/s1. The molecule has 2 rings (SSSR count). The van der Waals surface area contributed by atoms with Gasteiger partial charge in [-0.05, 0) is 44.7 Å². The van der Waals surface area contributed by atoms with Gasteiger partial charge < -0.3 is 4.74 Å². The fourth-order valence-corrected chi connectivity index (χ4v) is 2.23. The van der Waals surface area contributed by atoms with Gasteiger partial charge in [0.2, 0.25) is 0 Å². The van der Waals surface area contributed by atoms with Gasteiger partial charge in [0.25, 0.3) is 0 Å². The summed E-state index contributed by atoms with van der Waals surface area (Å²) in [5.41, 5.74) is 3.27. The largest absolute Gasteiger partial charge is 0.489 e. The Balaban J connectivity index is 2.08. The Morgan fingerprint density at radius 2 is 1.95 bits per heavy atom. The normalized spacial score (nSPS) is 12.2. The lowest BCUT2D eigenvalue weighted by molar-refractivity contribution is 0.243. The van der Waals surface area contributed by atoms with Gasteiger partial charge in [-0.2, -0.15) is 0 Å². The summed E-state index contributed by atoms with van der Waals surface area (Å²) in [5.74, 6) is 0.922. The molecule has 0 spiro atoms. The Labute approximate surface area is 133 Å². The maximum absolute atomic E-state index is 5.84. The van der Waals surface area contributed by atoms with Crippen LogP contribution >= 0.6 is 0 Å². The highest BCUT2D eigenvalue weighted by molar-refractivity contribution is 5.33. The van der Waals surface area contributed by atoms with Crippen LogP contribution in [0.1, 0.15) is 31.1 Å². The van der Waals surface area contributed by atoms with Gasteiger partial charge in [0.05, 0.1) is 5.69 Å². The van der Waals surface area contributed by atoms with E-state index in [1.807, 2.05) is 43.5 Å². The van der Waals surface area contributed by atoms with Crippen LogP contribution in [-0.2, 0) is 6.54 Å². The van der Waals surface area contributed by atoms with E-state index in [0.29, 0.717) is 6.61 Å². The van der Waals surface area contributed by atoms with E-state index in [1.54, 1.807) is 0 Å². The molecule has 0 aliphatic heterocycles. The lowest BCUT2D eigenvalue weighted by Gasteiger charge is -2.25. The molecular weight excluding hydrogens is 272 g/mol. The minimum atomic E-state index is 0.246. The minimum Gasteiger partial charge on any atom is -0.489 e. The van der Waals surface area contributed by atoms with Crippen molar-refractivity contribution in [1.29, 1.82) is 0 Å². The summed E-state index contributed by atoms with van der Waals surface area (Å²) in [6.45, 7) is 9.38. The molecule has 22 heavy (non-hydrogen) atoms. The highest BCUT2D eigenvalue weighted by Crippen LogP contribution is 2.24. The lowest BCUT2D eigenvalue weighted by atomic mass is 10.1. The van der Waals surface area contributed by atoms with Gasteiger partial charge in [-0.15, -0.1) is 0 Å². The van der Waals surface area contributed by atoms with Gasteiger partial charge in [0, 0.05) is 24.3 Å². The third kappa shape index (κ3) is 4.43. The van der Waals surface area contributed by atoms with Crippen molar-refractivity contribution in [3.63, 3.8) is 0 Å². The molecule has 0 amide bonds. The minimum absolute atomic E-state index is 0.246. The highest BCUT2D eigenvalue weighted by atomic mass is 16.5. The fourth-order valence-electron chi connectivity index (χ4n) is 2.23. The lowest BCUT2D eigenvalue weighted by Crippen LogP contribution is -2.23. The third-order valence-electron chi connectivity index (χ3n) is 3.64. The first kappa shape index (κ1) is 16.2. The Kier molecular flexibility index (Phi) is 5.73. The number of para-hydroxylation sites is 1. The first-order valence-corrected chi connectivity index (χ1v) is 7.54. The number of hydrogen-bond donors (Lipinski definition) is 0. The molecule has 1 aromatic heterocycles. The number of nitrogens with zero attached hydrogens (tertiary/aromatic N) is 2. The summed E-state index contributed by atoms with van der Waals surface area (Å²) >= 11 is 0. The van der Waals surface area contributed by atoms with Crippen LogP contribution in [0, 0.1) is 0 Å². The molecule has 0 N–H and O–H groups in total. The van der Waals surface area contributed by atoms with Crippen molar-refractivity contribution in [3.05, 3.63) is 72.1 Å². The predicted molar refractivity (Wildman–Crippen MR) is 90.9 cm³/mol. The average molecular weight is 296 g/mol. The quantitative estimate of drug-likeness (QED) is 0.715. The molecule has 0 radical (unpaired) electrons. The van der Waals surface area contributed by atoms with Crippen molar-refractivity contribution in [2.75, 3.05) is 13.7 Å². The molecule has 3 heteroatoms. The Bertz CT molecular complexity index is 610. The van der Waals surface area contributed by atoms with E-state index in [-0.39, 0.29) is 6.04 Å². The second-order valence-corrected chi connectivity index (χ2v) is 5.70.